The third kappa shape index (κ3) is 3.70. The Morgan fingerprint density at radius 1 is 1.00 bits per heavy atom. The first-order valence-corrected chi connectivity index (χ1v) is 10.6. The van der Waals surface area contributed by atoms with E-state index in [1.165, 1.54) is 0 Å². The second-order valence-corrected chi connectivity index (χ2v) is 8.90. The summed E-state index contributed by atoms with van der Waals surface area (Å²) in [5.41, 5.74) is 0.897. The van der Waals surface area contributed by atoms with Crippen molar-refractivity contribution >= 4 is 23.1 Å². The summed E-state index contributed by atoms with van der Waals surface area (Å²) >= 11 is 0. The van der Waals surface area contributed by atoms with Gasteiger partial charge in [-0.25, -0.2) is 0 Å². The fourth-order valence-electron chi connectivity index (χ4n) is 3.14. The topological polar surface area (TPSA) is 46.5 Å². The van der Waals surface area contributed by atoms with Gasteiger partial charge in [0.1, 0.15) is 0 Å². The number of rotatable bonds is 7. The molecule has 3 nitrogen and oxygen atoms in total. The zero-order chi connectivity index (χ0) is 19.3. The molecule has 0 unspecified atom stereocenters. The molecule has 138 valence electrons. The molecule has 0 heterocycles. The van der Waals surface area contributed by atoms with Crippen molar-refractivity contribution in [2.75, 3.05) is 6.61 Å². The number of aromatic hydroxyl groups is 1. The fraction of sp³-hybridized carbons (Fsp3) is 0.130. The van der Waals surface area contributed by atoms with E-state index in [-0.39, 0.29) is 5.75 Å². The molecule has 0 saturated carbocycles. The van der Waals surface area contributed by atoms with Crippen LogP contribution in [0.3, 0.4) is 0 Å². The van der Waals surface area contributed by atoms with E-state index in [0.717, 1.165) is 5.56 Å². The lowest BCUT2D eigenvalue weighted by molar-refractivity contribution is 0.319. The molecule has 0 amide bonds. The SMILES string of the molecule is C=CCc1cc(OCC)c(O)c(P(=O)(c2ccccc2)c2ccccc2)c1. The van der Waals surface area contributed by atoms with E-state index in [0.29, 0.717) is 34.7 Å². The molecule has 27 heavy (non-hydrogen) atoms. The molecule has 4 heteroatoms. The van der Waals surface area contributed by atoms with Gasteiger partial charge >= 0.3 is 0 Å². The summed E-state index contributed by atoms with van der Waals surface area (Å²) in [5, 5.41) is 12.7. The van der Waals surface area contributed by atoms with Crippen LogP contribution < -0.4 is 20.7 Å². The molecule has 3 aromatic rings. The molecule has 0 spiro atoms. The smallest absolute Gasteiger partial charge is 0.174 e. The Hall–Kier alpha value is -2.77. The first kappa shape index (κ1) is 19.0. The molecular weight excluding hydrogens is 355 g/mol. The number of benzene rings is 3. The van der Waals surface area contributed by atoms with Crippen LogP contribution >= 0.6 is 7.14 Å². The van der Waals surface area contributed by atoms with Gasteiger partial charge in [0.05, 0.1) is 11.9 Å². The number of ether oxygens (including phenoxy) is 1. The summed E-state index contributed by atoms with van der Waals surface area (Å²) in [6, 6.07) is 22.2. The second-order valence-electron chi connectivity index (χ2n) is 6.17. The van der Waals surface area contributed by atoms with Gasteiger partial charge < -0.3 is 14.4 Å². The van der Waals surface area contributed by atoms with Crippen LogP contribution in [0.2, 0.25) is 0 Å². The van der Waals surface area contributed by atoms with Gasteiger partial charge in [0.25, 0.3) is 0 Å². The maximum absolute atomic E-state index is 14.5. The normalized spacial score (nSPS) is 11.1. The van der Waals surface area contributed by atoms with Gasteiger partial charge in [0.15, 0.2) is 18.6 Å². The van der Waals surface area contributed by atoms with E-state index in [2.05, 4.69) is 6.58 Å². The standard InChI is InChI=1S/C23H23O3P/c1-3-11-18-16-21(26-4-2)23(24)22(17-18)27(25,19-12-7-5-8-13-19)20-14-9-6-10-15-20/h3,5-10,12-17,24H,1,4,11H2,2H3. The van der Waals surface area contributed by atoms with Gasteiger partial charge in [0.2, 0.25) is 0 Å². The minimum absolute atomic E-state index is 0.0688. The van der Waals surface area contributed by atoms with E-state index in [1.807, 2.05) is 67.6 Å². The maximum atomic E-state index is 14.5. The molecule has 3 rings (SSSR count). The molecule has 0 aliphatic carbocycles. The van der Waals surface area contributed by atoms with Crippen LogP contribution in [0, 0.1) is 0 Å². The Bertz CT molecular complexity index is 922. The van der Waals surface area contributed by atoms with Crippen molar-refractivity contribution in [2.45, 2.75) is 13.3 Å². The predicted molar refractivity (Wildman–Crippen MR) is 113 cm³/mol. The zero-order valence-electron chi connectivity index (χ0n) is 15.3. The van der Waals surface area contributed by atoms with Gasteiger partial charge in [-0.05, 0) is 31.0 Å². The fourth-order valence-corrected chi connectivity index (χ4v) is 5.94. The predicted octanol–water partition coefficient (Wildman–Crippen LogP) is 4.16. The average molecular weight is 378 g/mol. The van der Waals surface area contributed by atoms with Crippen LogP contribution in [-0.4, -0.2) is 11.7 Å². The molecule has 3 aromatic carbocycles. The molecule has 0 saturated heterocycles. The van der Waals surface area contributed by atoms with E-state index in [9.17, 15) is 9.67 Å². The van der Waals surface area contributed by atoms with Crippen LogP contribution in [0.1, 0.15) is 12.5 Å². The van der Waals surface area contributed by atoms with Crippen LogP contribution in [-0.2, 0) is 11.0 Å². The van der Waals surface area contributed by atoms with Gasteiger partial charge in [-0.3, -0.25) is 0 Å². The molecule has 0 atom stereocenters. The van der Waals surface area contributed by atoms with E-state index in [4.69, 9.17) is 4.74 Å². The number of hydrogen-bond acceptors (Lipinski definition) is 3. The second kappa shape index (κ2) is 8.28. The molecule has 0 bridgehead atoms. The zero-order valence-corrected chi connectivity index (χ0v) is 16.2. The molecule has 0 aliphatic rings. The lowest BCUT2D eigenvalue weighted by Gasteiger charge is -2.23. The van der Waals surface area contributed by atoms with Crippen molar-refractivity contribution in [3.8, 4) is 11.5 Å². The van der Waals surface area contributed by atoms with Crippen molar-refractivity contribution in [3.63, 3.8) is 0 Å². The van der Waals surface area contributed by atoms with Crippen LogP contribution in [0.5, 0.6) is 11.5 Å². The van der Waals surface area contributed by atoms with Gasteiger partial charge in [0, 0.05) is 10.6 Å². The molecule has 0 fully saturated rings. The Balaban J connectivity index is 2.34. The first-order chi connectivity index (χ1) is 13.1. The third-order valence-corrected chi connectivity index (χ3v) is 7.44. The molecule has 0 aromatic heterocycles. The maximum Gasteiger partial charge on any atom is 0.174 e. The van der Waals surface area contributed by atoms with Crippen LogP contribution in [0.25, 0.3) is 0 Å². The quantitative estimate of drug-likeness (QED) is 0.496. The summed E-state index contributed by atoms with van der Waals surface area (Å²) in [5.74, 6) is 0.277. The lowest BCUT2D eigenvalue weighted by atomic mass is 10.1. The van der Waals surface area contributed by atoms with Crippen LogP contribution in [0.4, 0.5) is 0 Å². The highest BCUT2D eigenvalue weighted by Crippen LogP contribution is 2.47. The molecule has 0 aliphatic heterocycles. The number of phenolic OH excluding ortho intramolecular Hbond substituents is 1. The first-order valence-electron chi connectivity index (χ1n) is 8.92. The highest BCUT2D eigenvalue weighted by molar-refractivity contribution is 7.85. The Kier molecular flexibility index (Phi) is 5.83. The van der Waals surface area contributed by atoms with Crippen LogP contribution in [0.15, 0.2) is 85.5 Å². The Labute approximate surface area is 160 Å². The van der Waals surface area contributed by atoms with E-state index >= 15 is 0 Å². The van der Waals surface area contributed by atoms with E-state index < -0.39 is 7.14 Å². The van der Waals surface area contributed by atoms with Crippen molar-refractivity contribution in [1.29, 1.82) is 0 Å². The Morgan fingerprint density at radius 2 is 1.56 bits per heavy atom. The molecule has 0 radical (unpaired) electrons. The molecule has 1 N–H and O–H groups in total. The highest BCUT2D eigenvalue weighted by Gasteiger charge is 2.33. The number of phenols is 1. The van der Waals surface area contributed by atoms with Crippen molar-refractivity contribution in [1.82, 2.24) is 0 Å². The number of allylic oxidation sites excluding steroid dienone is 1. The highest BCUT2D eigenvalue weighted by atomic mass is 31.2. The van der Waals surface area contributed by atoms with Gasteiger partial charge in [-0.2, -0.15) is 0 Å². The summed E-state index contributed by atoms with van der Waals surface area (Å²) < 4.78 is 20.1. The summed E-state index contributed by atoms with van der Waals surface area (Å²) in [7, 11) is -3.28. The minimum atomic E-state index is -3.28. The lowest BCUT2D eigenvalue weighted by Crippen LogP contribution is -2.26. The summed E-state index contributed by atoms with van der Waals surface area (Å²) in [6.45, 7) is 6.05. The third-order valence-electron chi connectivity index (χ3n) is 4.37. The van der Waals surface area contributed by atoms with Gasteiger partial charge in [-0.15, -0.1) is 6.58 Å². The van der Waals surface area contributed by atoms with Crippen molar-refractivity contribution < 1.29 is 14.4 Å². The van der Waals surface area contributed by atoms with Crippen molar-refractivity contribution in [3.05, 3.63) is 91.0 Å². The number of hydrogen-bond donors (Lipinski definition) is 1. The summed E-state index contributed by atoms with van der Waals surface area (Å²) in [4.78, 5) is 0. The largest absolute Gasteiger partial charge is 0.504 e. The molecular formula is C23H23O3P. The van der Waals surface area contributed by atoms with E-state index in [1.54, 1.807) is 18.2 Å². The minimum Gasteiger partial charge on any atom is -0.504 e. The summed E-state index contributed by atoms with van der Waals surface area (Å²) in [6.07, 6.45) is 2.37. The monoisotopic (exact) mass is 378 g/mol. The van der Waals surface area contributed by atoms with Gasteiger partial charge in [-0.1, -0.05) is 66.7 Å². The van der Waals surface area contributed by atoms with Crippen molar-refractivity contribution in [2.24, 2.45) is 0 Å². The average Bonchev–Trinajstić information content (AvgIpc) is 2.71. The Morgan fingerprint density at radius 3 is 2.04 bits per heavy atom.